The predicted molar refractivity (Wildman–Crippen MR) is 339 cm³/mol. The number of phenols is 1. The van der Waals surface area contributed by atoms with Crippen molar-refractivity contribution < 1.29 is 122 Å². The number of hydrogen-bond acceptors (Lipinski definition) is 26. The zero-order chi connectivity index (χ0) is 72.1. The maximum atomic E-state index is 15.0. The number of phenolic OH excluding ortho intramolecular Hbond substituents is 1. The molecule has 3 aliphatic heterocycles. The zero-order valence-electron chi connectivity index (χ0n) is 53.1. The smallest absolute Gasteiger partial charge is 0.508 e. The average molecular weight is 1430 g/mol. The normalized spacial score (nSPS) is 24.6. The second-order valence-corrected chi connectivity index (χ2v) is 27.5. The minimum atomic E-state index is -2.49. The molecule has 21 N–H and O–H groups in total. The first-order valence-electron chi connectivity index (χ1n) is 30.6. The molecule has 17 atom stereocenters. The molecule has 3 aliphatic rings. The van der Waals surface area contributed by atoms with Crippen LogP contribution < -0.4 is 53.6 Å². The number of amides is 11. The van der Waals surface area contributed by atoms with Crippen LogP contribution >= 0.6 is 21.6 Å². The minimum Gasteiger partial charge on any atom is -0.610 e. The lowest BCUT2D eigenvalue weighted by molar-refractivity contribution is -0.144. The second kappa shape index (κ2) is 37.8. The van der Waals surface area contributed by atoms with Crippen LogP contribution in [0.2, 0.25) is 0 Å². The van der Waals surface area contributed by atoms with E-state index in [1.807, 2.05) is 0 Å². The first-order valence-corrected chi connectivity index (χ1v) is 34.4. The van der Waals surface area contributed by atoms with E-state index in [1.165, 1.54) is 32.0 Å². The third kappa shape index (κ3) is 23.4. The van der Waals surface area contributed by atoms with Gasteiger partial charge >= 0.3 is 12.1 Å². The van der Waals surface area contributed by atoms with Crippen molar-refractivity contribution in [3.63, 3.8) is 0 Å². The highest BCUT2D eigenvalue weighted by molar-refractivity contribution is 8.76. The fourth-order valence-corrected chi connectivity index (χ4v) is 13.6. The Bertz CT molecular complexity index is 3170. The van der Waals surface area contributed by atoms with Crippen LogP contribution in [0.25, 0.3) is 10.9 Å². The molecule has 2 aromatic rings. The summed E-state index contributed by atoms with van der Waals surface area (Å²) in [6.45, 7) is 0.851. The Morgan fingerprint density at radius 2 is 1.48 bits per heavy atom. The van der Waals surface area contributed by atoms with E-state index >= 15 is 4.79 Å². The Kier molecular flexibility index (Phi) is 31.1. The Labute approximate surface area is 564 Å². The first kappa shape index (κ1) is 79.9. The maximum absolute atomic E-state index is 15.0. The van der Waals surface area contributed by atoms with E-state index in [0.717, 1.165) is 26.5 Å². The van der Waals surface area contributed by atoms with Crippen molar-refractivity contribution in [2.75, 3.05) is 63.3 Å². The molecule has 5 rings (SSSR count). The van der Waals surface area contributed by atoms with Crippen LogP contribution in [-0.4, -0.2) is 280 Å². The van der Waals surface area contributed by atoms with Crippen molar-refractivity contribution in [2.24, 2.45) is 23.5 Å². The van der Waals surface area contributed by atoms with Crippen LogP contribution in [0.1, 0.15) is 65.4 Å². The number of fused-ring (bicyclic) bond motifs is 5. The standard InChI is InChI=1S/C57H84N12O25S3/c1-5-24(2)44-52(86)61-17-42(78)62-35-23-97(92)54-30(29-8-7-27(71)12-31(29)66-54)14-32(49(83)60-18-43(79)67-44)63-53(87)45(68-51(85)36-13-28(72)19-69(36)55(88)33(15-40(58)76)64-50(35)84)26(4)39(75)21-94-57(91)93-10-11-95-96-22-34(56(89)90)65-48(82)25(3)6-9-41(77)59-16-37(73)46(80)47(81)38(74)20-70/h7-8,12,24-26,28,32-39,44-47,66,70-75,80-81H,5-6,9-11,13-23H2,1-4H3,(H2,58,76)(H,59,77)(H,60,83)(H,61,86)(H,62,78)(H,63,87)(H,64,84)(H,65,82)(H,67,79)(H,68,85)(H,89,90)/t24?,25-,26+,28+,32+,33-,34-,35+,36-,37-,38+,39-,44+,45-,46+,47+,97?/m0/s1. The van der Waals surface area contributed by atoms with E-state index in [0.29, 0.717) is 6.42 Å². The van der Waals surface area contributed by atoms with Crippen molar-refractivity contribution in [1.29, 1.82) is 0 Å². The summed E-state index contributed by atoms with van der Waals surface area (Å²) in [5.41, 5.74) is 5.63. The van der Waals surface area contributed by atoms with Crippen molar-refractivity contribution >= 4 is 121 Å². The molecular formula is C57H84N12O25S3. The molecule has 540 valence electrons. The van der Waals surface area contributed by atoms with Gasteiger partial charge in [0.05, 0.1) is 49.9 Å². The molecule has 4 heterocycles. The van der Waals surface area contributed by atoms with Gasteiger partial charge in [0.15, 0.2) is 6.04 Å². The Balaban J connectivity index is 1.36. The Morgan fingerprint density at radius 1 is 0.814 bits per heavy atom. The summed E-state index contributed by atoms with van der Waals surface area (Å²) in [6, 6.07) is -8.38. The Morgan fingerprint density at radius 3 is 2.14 bits per heavy atom. The van der Waals surface area contributed by atoms with Gasteiger partial charge in [0, 0.05) is 83.9 Å². The quantitative estimate of drug-likeness (QED) is 0.0180. The zero-order valence-corrected chi connectivity index (χ0v) is 55.5. The molecule has 2 unspecified atom stereocenters. The number of carboxylic acids is 1. The highest BCUT2D eigenvalue weighted by Crippen LogP contribution is 2.32. The molecule has 40 heteroatoms. The van der Waals surface area contributed by atoms with Gasteiger partial charge in [0.2, 0.25) is 70.0 Å². The van der Waals surface area contributed by atoms with Crippen LogP contribution in [0, 0.1) is 17.8 Å². The van der Waals surface area contributed by atoms with Gasteiger partial charge in [-0.1, -0.05) is 55.7 Å². The van der Waals surface area contributed by atoms with Crippen molar-refractivity contribution in [1.82, 2.24) is 57.7 Å². The average Bonchev–Trinajstić information content (AvgIpc) is 1.65. The highest BCUT2D eigenvalue weighted by Gasteiger charge is 2.46. The third-order valence-electron chi connectivity index (χ3n) is 16.1. The number of carbonyl (C=O) groups excluding carboxylic acids is 12. The van der Waals surface area contributed by atoms with Gasteiger partial charge < -0.3 is 123 Å². The first-order chi connectivity index (χ1) is 45.7. The summed E-state index contributed by atoms with van der Waals surface area (Å²) < 4.78 is 25.1. The number of aliphatic hydroxyl groups excluding tert-OH is 7. The van der Waals surface area contributed by atoms with Crippen molar-refractivity contribution in [3.05, 3.63) is 23.8 Å². The van der Waals surface area contributed by atoms with E-state index in [2.05, 4.69) is 52.8 Å². The lowest BCUT2D eigenvalue weighted by atomic mass is 9.93. The largest absolute Gasteiger partial charge is 0.610 e. The summed E-state index contributed by atoms with van der Waals surface area (Å²) in [5.74, 6) is -17.2. The van der Waals surface area contributed by atoms with Gasteiger partial charge in [-0.2, -0.15) is 0 Å². The van der Waals surface area contributed by atoms with E-state index in [1.54, 1.807) is 13.8 Å². The van der Waals surface area contributed by atoms with Crippen LogP contribution in [0.3, 0.4) is 0 Å². The van der Waals surface area contributed by atoms with E-state index in [9.17, 15) is 103 Å². The molecular weight excluding hydrogens is 1350 g/mol. The molecule has 97 heavy (non-hydrogen) atoms. The lowest BCUT2D eigenvalue weighted by Crippen LogP contribution is -2.62. The molecule has 1 aromatic carbocycles. The number of primary amides is 1. The SMILES string of the molecule is CCC(C)[C@H]1NC(=O)CNC(=O)[C@H]2Cc3c([nH]c4cc(O)ccc34)[S+]([O-])C[C@@H](NC(=O)CNC1=O)C(=O)N[C@@H](CC(N)=O)C(=O)N1C[C@H](O)C[C@H]1C(=O)N[C@@H]([C@H](C)[C@@H](O)COC(=O)OCCSSC[C@H](NC(=O)[C@@H](C)CCC(=O)NC[C@H](O)[C@@H](O)[C@H](O)[C@H](O)CO)C(=O)O)C(=O)N2. The highest BCUT2D eigenvalue weighted by atomic mass is 33.1. The van der Waals surface area contributed by atoms with Gasteiger partial charge in [0.1, 0.15) is 79.3 Å². The van der Waals surface area contributed by atoms with Crippen LogP contribution in [-0.2, 0) is 84.6 Å². The number of rotatable bonds is 26. The van der Waals surface area contributed by atoms with E-state index in [-0.39, 0.29) is 58.2 Å². The number of benzene rings is 1. The number of carbonyl (C=O) groups is 13. The van der Waals surface area contributed by atoms with E-state index < -0.39 is 249 Å². The molecule has 11 amide bonds. The van der Waals surface area contributed by atoms with Gasteiger partial charge in [-0.05, 0) is 24.5 Å². The van der Waals surface area contributed by atoms with Crippen LogP contribution in [0.5, 0.6) is 5.75 Å². The number of nitrogens with two attached hydrogens (primary N) is 1. The molecule has 1 saturated heterocycles. The van der Waals surface area contributed by atoms with E-state index in [4.69, 9.17) is 20.3 Å². The summed E-state index contributed by atoms with van der Waals surface area (Å²) in [5, 5.41) is 113. The van der Waals surface area contributed by atoms with Crippen LogP contribution in [0.4, 0.5) is 4.79 Å². The van der Waals surface area contributed by atoms with Crippen LogP contribution in [0.15, 0.2) is 23.2 Å². The summed E-state index contributed by atoms with van der Waals surface area (Å²) in [7, 11) is 1.97. The second-order valence-electron chi connectivity index (χ2n) is 23.4. The summed E-state index contributed by atoms with van der Waals surface area (Å²) in [4.78, 5) is 181. The number of aliphatic hydroxyl groups is 7. The number of nitrogens with one attached hydrogen (secondary N) is 10. The molecule has 1 aromatic heterocycles. The monoisotopic (exact) mass is 1430 g/mol. The Hall–Kier alpha value is -7.80. The number of aromatic amines is 1. The van der Waals surface area contributed by atoms with Crippen molar-refractivity contribution in [2.45, 2.75) is 150 Å². The molecule has 0 spiro atoms. The van der Waals surface area contributed by atoms with Gasteiger partial charge in [0.25, 0.3) is 0 Å². The topological polar surface area (TPSA) is 599 Å². The molecule has 2 bridgehead atoms. The molecule has 37 nitrogen and oxygen atoms in total. The maximum Gasteiger partial charge on any atom is 0.508 e. The molecule has 0 radical (unpaired) electrons. The number of nitrogens with zero attached hydrogens (tertiary/aromatic N) is 1. The number of ether oxygens (including phenoxy) is 2. The predicted octanol–water partition coefficient (Wildman–Crippen LogP) is -7.84. The lowest BCUT2D eigenvalue weighted by Gasteiger charge is -2.33. The summed E-state index contributed by atoms with van der Waals surface area (Å²) in [6.07, 6.45) is -14.3. The van der Waals surface area contributed by atoms with Gasteiger partial charge in [-0.25, -0.2) is 9.59 Å². The number of aromatic hydroxyl groups is 1. The third-order valence-corrected chi connectivity index (χ3v) is 19.9. The molecule has 0 saturated carbocycles. The number of H-pyrrole nitrogens is 1. The molecule has 0 aliphatic carbocycles. The van der Waals surface area contributed by atoms with Crippen molar-refractivity contribution in [3.8, 4) is 5.75 Å². The fraction of sp³-hybridized carbons (Fsp3) is 0.632. The molecule has 1 fully saturated rings. The van der Waals surface area contributed by atoms with Gasteiger partial charge in [-0.15, -0.1) is 0 Å². The number of aliphatic carboxylic acids is 1. The number of aromatic nitrogens is 1. The summed E-state index contributed by atoms with van der Waals surface area (Å²) >= 11 is -2.49. The minimum absolute atomic E-state index is 0.00282. The number of hydrogen-bond donors (Lipinski definition) is 20. The fourth-order valence-electron chi connectivity index (χ4n) is 10.2. The number of carboxylic acid groups (broad SMARTS) is 1. The van der Waals surface area contributed by atoms with Gasteiger partial charge in [-0.3, -0.25) is 52.7 Å².